The fourth-order valence-electron chi connectivity index (χ4n) is 4.09. The molecule has 1 N–H and O–H groups in total. The van der Waals surface area contributed by atoms with Gasteiger partial charge in [-0.2, -0.15) is 0 Å². The Morgan fingerprint density at radius 3 is 2.23 bits per heavy atom. The molecule has 0 saturated heterocycles. The molecule has 0 spiro atoms. The third-order valence-corrected chi connectivity index (χ3v) is 7.14. The molecule has 2 aromatic rings. The van der Waals surface area contributed by atoms with Crippen LogP contribution in [0.4, 0.5) is 5.69 Å². The highest BCUT2D eigenvalue weighted by atomic mass is 32.2. The molecule has 2 amide bonds. The first kappa shape index (κ1) is 28.4. The van der Waals surface area contributed by atoms with Crippen molar-refractivity contribution in [2.45, 2.75) is 58.9 Å². The molecule has 0 aliphatic carbocycles. The molecule has 2 rings (SSSR count). The van der Waals surface area contributed by atoms with Crippen LogP contribution in [0.2, 0.25) is 0 Å². The molecule has 0 aliphatic rings. The van der Waals surface area contributed by atoms with Crippen LogP contribution in [0.25, 0.3) is 0 Å². The first-order chi connectivity index (χ1) is 16.7. The highest BCUT2D eigenvalue weighted by Gasteiger charge is 2.28. The number of hydrogen-bond donors (Lipinski definition) is 1. The first-order valence-electron chi connectivity index (χ1n) is 12.3. The summed E-state index contributed by atoms with van der Waals surface area (Å²) in [6.07, 6.45) is 3.66. The number of nitrogens with zero attached hydrogens (tertiary/aromatic N) is 2. The van der Waals surface area contributed by atoms with E-state index >= 15 is 0 Å². The van der Waals surface area contributed by atoms with Gasteiger partial charge in [0.1, 0.15) is 6.04 Å². The van der Waals surface area contributed by atoms with Crippen molar-refractivity contribution in [3.63, 3.8) is 0 Å². The standard InChI is InChI=1S/C27H39N3O4S/c1-5-19-28-27(32)24(6-2)29(21-18-23-14-8-7-9-15-23)26(31)17-12-20-30(35(4,33)34)25-16-11-10-13-22(25)3/h7-11,13-16,24H,5-6,12,17-21H2,1-4H3,(H,28,32)/t24-/m1/s1. The Morgan fingerprint density at radius 2 is 1.63 bits per heavy atom. The molecule has 2 aromatic carbocycles. The van der Waals surface area contributed by atoms with Gasteiger partial charge in [-0.3, -0.25) is 13.9 Å². The zero-order valence-corrected chi connectivity index (χ0v) is 22.2. The largest absolute Gasteiger partial charge is 0.354 e. The van der Waals surface area contributed by atoms with E-state index in [1.807, 2.05) is 63.2 Å². The van der Waals surface area contributed by atoms with Gasteiger partial charge in [0.15, 0.2) is 0 Å². The van der Waals surface area contributed by atoms with Gasteiger partial charge in [0.2, 0.25) is 21.8 Å². The van der Waals surface area contributed by atoms with Crippen molar-refractivity contribution in [3.05, 3.63) is 65.7 Å². The molecule has 0 saturated carbocycles. The van der Waals surface area contributed by atoms with E-state index in [0.717, 1.165) is 17.5 Å². The van der Waals surface area contributed by atoms with E-state index in [9.17, 15) is 18.0 Å². The lowest BCUT2D eigenvalue weighted by atomic mass is 10.1. The van der Waals surface area contributed by atoms with Crippen molar-refractivity contribution in [2.75, 3.05) is 30.2 Å². The van der Waals surface area contributed by atoms with Gasteiger partial charge in [-0.05, 0) is 49.8 Å². The fraction of sp³-hybridized carbons (Fsp3) is 0.481. The Bertz CT molecular complexity index is 1060. The highest BCUT2D eigenvalue weighted by Crippen LogP contribution is 2.23. The summed E-state index contributed by atoms with van der Waals surface area (Å²) in [4.78, 5) is 27.9. The van der Waals surface area contributed by atoms with Gasteiger partial charge in [0.25, 0.3) is 0 Å². The summed E-state index contributed by atoms with van der Waals surface area (Å²) >= 11 is 0. The van der Waals surface area contributed by atoms with Crippen LogP contribution in [-0.4, -0.2) is 57.1 Å². The third-order valence-electron chi connectivity index (χ3n) is 5.96. The van der Waals surface area contributed by atoms with E-state index in [4.69, 9.17) is 0 Å². The van der Waals surface area contributed by atoms with Gasteiger partial charge in [0.05, 0.1) is 11.9 Å². The van der Waals surface area contributed by atoms with Crippen LogP contribution in [0.1, 0.15) is 50.7 Å². The number of rotatable bonds is 14. The summed E-state index contributed by atoms with van der Waals surface area (Å²) < 4.78 is 26.3. The molecule has 0 aliphatic heterocycles. The van der Waals surface area contributed by atoms with Crippen molar-refractivity contribution in [1.82, 2.24) is 10.2 Å². The summed E-state index contributed by atoms with van der Waals surface area (Å²) in [6.45, 7) is 6.94. The van der Waals surface area contributed by atoms with Crippen molar-refractivity contribution >= 4 is 27.5 Å². The first-order valence-corrected chi connectivity index (χ1v) is 14.2. The minimum atomic E-state index is -3.51. The summed E-state index contributed by atoms with van der Waals surface area (Å²) in [5.74, 6) is -0.286. The highest BCUT2D eigenvalue weighted by molar-refractivity contribution is 7.92. The van der Waals surface area contributed by atoms with Gasteiger partial charge in [-0.1, -0.05) is 62.4 Å². The number of carbonyl (C=O) groups excluding carboxylic acids is 2. The minimum Gasteiger partial charge on any atom is -0.354 e. The van der Waals surface area contributed by atoms with Crippen LogP contribution in [0, 0.1) is 6.92 Å². The van der Waals surface area contributed by atoms with Crippen LogP contribution in [-0.2, 0) is 26.0 Å². The number of hydrogen-bond acceptors (Lipinski definition) is 4. The Labute approximate surface area is 210 Å². The summed E-state index contributed by atoms with van der Waals surface area (Å²) in [5, 5.41) is 2.92. The van der Waals surface area contributed by atoms with E-state index in [-0.39, 0.29) is 24.8 Å². The monoisotopic (exact) mass is 501 g/mol. The van der Waals surface area contributed by atoms with Crippen LogP contribution in [0.5, 0.6) is 0 Å². The Balaban J connectivity index is 2.15. The minimum absolute atomic E-state index is 0.141. The number of anilines is 1. The second-order valence-corrected chi connectivity index (χ2v) is 10.7. The number of aryl methyl sites for hydroxylation is 1. The molecule has 0 unspecified atom stereocenters. The second kappa shape index (κ2) is 13.9. The van der Waals surface area contributed by atoms with Gasteiger partial charge in [0, 0.05) is 26.1 Å². The second-order valence-electron chi connectivity index (χ2n) is 8.76. The Hall–Kier alpha value is -2.87. The maximum atomic E-state index is 13.4. The molecule has 0 bridgehead atoms. The zero-order chi connectivity index (χ0) is 25.8. The van der Waals surface area contributed by atoms with E-state index in [2.05, 4.69) is 5.32 Å². The smallest absolute Gasteiger partial charge is 0.242 e. The third kappa shape index (κ3) is 8.69. The van der Waals surface area contributed by atoms with E-state index in [0.29, 0.717) is 38.0 Å². The molecule has 0 fully saturated rings. The van der Waals surface area contributed by atoms with Crippen molar-refractivity contribution in [3.8, 4) is 0 Å². The Kier molecular flexibility index (Phi) is 11.2. The summed E-state index contributed by atoms with van der Waals surface area (Å²) in [6, 6.07) is 16.6. The number of carbonyl (C=O) groups is 2. The van der Waals surface area contributed by atoms with Crippen LogP contribution in [0.15, 0.2) is 54.6 Å². The van der Waals surface area contributed by atoms with Crippen molar-refractivity contribution in [2.24, 2.45) is 0 Å². The molecule has 0 radical (unpaired) electrons. The maximum absolute atomic E-state index is 13.4. The van der Waals surface area contributed by atoms with Gasteiger partial charge in [-0.15, -0.1) is 0 Å². The maximum Gasteiger partial charge on any atom is 0.242 e. The van der Waals surface area contributed by atoms with Crippen LogP contribution < -0.4 is 9.62 Å². The number of amides is 2. The molecule has 1 atom stereocenters. The number of sulfonamides is 1. The Morgan fingerprint density at radius 1 is 0.971 bits per heavy atom. The van der Waals surface area contributed by atoms with Crippen molar-refractivity contribution in [1.29, 1.82) is 0 Å². The SMILES string of the molecule is CCCNC(=O)[C@@H](CC)N(CCc1ccccc1)C(=O)CCCN(c1ccccc1C)S(C)(=O)=O. The van der Waals surface area contributed by atoms with E-state index in [1.165, 1.54) is 10.6 Å². The fourth-order valence-corrected chi connectivity index (χ4v) is 5.11. The lowest BCUT2D eigenvalue weighted by Crippen LogP contribution is -2.50. The average Bonchev–Trinajstić information content (AvgIpc) is 2.83. The lowest BCUT2D eigenvalue weighted by Gasteiger charge is -2.31. The quantitative estimate of drug-likeness (QED) is 0.425. The topological polar surface area (TPSA) is 86.8 Å². The van der Waals surface area contributed by atoms with E-state index < -0.39 is 16.1 Å². The number of benzene rings is 2. The number of nitrogens with one attached hydrogen (secondary N) is 1. The van der Waals surface area contributed by atoms with Crippen LogP contribution in [0.3, 0.4) is 0 Å². The number of para-hydroxylation sites is 1. The zero-order valence-electron chi connectivity index (χ0n) is 21.4. The van der Waals surface area contributed by atoms with Gasteiger partial charge < -0.3 is 10.2 Å². The normalized spacial score (nSPS) is 12.1. The van der Waals surface area contributed by atoms with Crippen molar-refractivity contribution < 1.29 is 18.0 Å². The molecule has 8 heteroatoms. The molecule has 35 heavy (non-hydrogen) atoms. The molecular weight excluding hydrogens is 462 g/mol. The summed E-state index contributed by atoms with van der Waals surface area (Å²) in [7, 11) is -3.51. The molecule has 192 valence electrons. The lowest BCUT2D eigenvalue weighted by molar-refractivity contribution is -0.140. The summed E-state index contributed by atoms with van der Waals surface area (Å²) in [5.41, 5.74) is 2.57. The molecule has 0 aromatic heterocycles. The molecular formula is C27H39N3O4S. The predicted octanol–water partition coefficient (Wildman–Crippen LogP) is 3.92. The molecule has 0 heterocycles. The average molecular weight is 502 g/mol. The van der Waals surface area contributed by atoms with Gasteiger partial charge in [-0.25, -0.2) is 8.42 Å². The van der Waals surface area contributed by atoms with Gasteiger partial charge >= 0.3 is 0 Å². The van der Waals surface area contributed by atoms with E-state index in [1.54, 1.807) is 17.0 Å². The van der Waals surface area contributed by atoms with Crippen LogP contribution >= 0.6 is 0 Å². The predicted molar refractivity (Wildman–Crippen MR) is 142 cm³/mol. The molecule has 7 nitrogen and oxygen atoms in total.